The summed E-state index contributed by atoms with van der Waals surface area (Å²) in [6.07, 6.45) is 0.769. The molecular formula is C14H16BrN3O. The number of aryl methyl sites for hydroxylation is 2. The largest absolute Gasteiger partial charge is 0.439 e. The first kappa shape index (κ1) is 13.8. The van der Waals surface area contributed by atoms with Gasteiger partial charge in [-0.2, -0.15) is 4.98 Å². The van der Waals surface area contributed by atoms with Gasteiger partial charge in [-0.1, -0.05) is 22.9 Å². The van der Waals surface area contributed by atoms with Crippen LogP contribution in [0.2, 0.25) is 0 Å². The Hall–Kier alpha value is -1.62. The Kier molecular flexibility index (Phi) is 4.37. The smallest absolute Gasteiger partial charge is 0.224 e. The predicted octanol–water partition coefficient (Wildman–Crippen LogP) is 3.94. The molecule has 0 unspecified atom stereocenters. The van der Waals surface area contributed by atoms with Crippen molar-refractivity contribution in [3.05, 3.63) is 40.1 Å². The first-order valence-electron chi connectivity index (χ1n) is 6.12. The highest BCUT2D eigenvalue weighted by Gasteiger charge is 2.07. The van der Waals surface area contributed by atoms with Gasteiger partial charge in [0.25, 0.3) is 0 Å². The minimum atomic E-state index is 0.557. The molecule has 0 radical (unpaired) electrons. The Labute approximate surface area is 121 Å². The van der Waals surface area contributed by atoms with Crippen LogP contribution in [0.3, 0.4) is 0 Å². The number of aromatic nitrogens is 2. The maximum Gasteiger partial charge on any atom is 0.224 e. The van der Waals surface area contributed by atoms with Gasteiger partial charge in [0.15, 0.2) is 0 Å². The van der Waals surface area contributed by atoms with Gasteiger partial charge in [0.05, 0.1) is 0 Å². The summed E-state index contributed by atoms with van der Waals surface area (Å²) in [6.45, 7) is 4.02. The van der Waals surface area contributed by atoms with Gasteiger partial charge in [-0.05, 0) is 30.7 Å². The van der Waals surface area contributed by atoms with E-state index in [9.17, 15) is 0 Å². The van der Waals surface area contributed by atoms with E-state index in [1.165, 1.54) is 0 Å². The summed E-state index contributed by atoms with van der Waals surface area (Å²) >= 11 is 3.44. The van der Waals surface area contributed by atoms with E-state index in [2.05, 4.69) is 31.2 Å². The molecule has 0 bridgehead atoms. The Balaban J connectivity index is 2.31. The summed E-state index contributed by atoms with van der Waals surface area (Å²) in [4.78, 5) is 8.71. The average molecular weight is 322 g/mol. The summed E-state index contributed by atoms with van der Waals surface area (Å²) in [5.74, 6) is 2.88. The zero-order valence-corrected chi connectivity index (χ0v) is 12.8. The van der Waals surface area contributed by atoms with Crippen LogP contribution < -0.4 is 10.1 Å². The van der Waals surface area contributed by atoms with Crippen LogP contribution in [-0.4, -0.2) is 17.0 Å². The minimum absolute atomic E-state index is 0.557. The fraction of sp³-hybridized carbons (Fsp3) is 0.286. The number of hydrogen-bond acceptors (Lipinski definition) is 4. The molecule has 1 aromatic carbocycles. The lowest BCUT2D eigenvalue weighted by molar-refractivity contribution is 0.456. The maximum atomic E-state index is 5.84. The Morgan fingerprint density at radius 1 is 1.26 bits per heavy atom. The van der Waals surface area contributed by atoms with E-state index in [-0.39, 0.29) is 0 Å². The third kappa shape index (κ3) is 3.44. The van der Waals surface area contributed by atoms with E-state index >= 15 is 0 Å². The lowest BCUT2D eigenvalue weighted by Crippen LogP contribution is -2.01. The molecule has 100 valence electrons. The first-order valence-corrected chi connectivity index (χ1v) is 6.91. The van der Waals surface area contributed by atoms with Crippen molar-refractivity contribution in [2.75, 3.05) is 12.4 Å². The number of ether oxygens (including phenoxy) is 1. The maximum absolute atomic E-state index is 5.84. The molecule has 0 atom stereocenters. The number of nitrogens with one attached hydrogen (secondary N) is 1. The van der Waals surface area contributed by atoms with Crippen molar-refractivity contribution in [2.24, 2.45) is 0 Å². The molecule has 0 aliphatic rings. The topological polar surface area (TPSA) is 47.0 Å². The number of halogens is 1. The summed E-state index contributed by atoms with van der Waals surface area (Å²) in [5.41, 5.74) is 1.05. The van der Waals surface area contributed by atoms with Gasteiger partial charge in [0, 0.05) is 24.0 Å². The van der Waals surface area contributed by atoms with Crippen molar-refractivity contribution in [3.63, 3.8) is 0 Å². The minimum Gasteiger partial charge on any atom is -0.439 e. The number of nitrogens with zero attached hydrogens (tertiary/aromatic N) is 2. The molecule has 0 amide bonds. The van der Waals surface area contributed by atoms with Gasteiger partial charge in [-0.15, -0.1) is 0 Å². The fourth-order valence-electron chi connectivity index (χ4n) is 1.65. The van der Waals surface area contributed by atoms with E-state index in [1.54, 1.807) is 6.07 Å². The molecule has 2 rings (SSSR count). The van der Waals surface area contributed by atoms with Crippen LogP contribution in [0.25, 0.3) is 0 Å². The van der Waals surface area contributed by atoms with Crippen molar-refractivity contribution >= 4 is 21.7 Å². The van der Waals surface area contributed by atoms with Gasteiger partial charge in [-0.3, -0.25) is 0 Å². The molecule has 5 heteroatoms. The average Bonchev–Trinajstić information content (AvgIpc) is 2.41. The van der Waals surface area contributed by atoms with Crippen LogP contribution in [-0.2, 0) is 6.42 Å². The quantitative estimate of drug-likeness (QED) is 0.926. The van der Waals surface area contributed by atoms with Crippen LogP contribution in [0.1, 0.15) is 18.3 Å². The van der Waals surface area contributed by atoms with E-state index in [4.69, 9.17) is 4.74 Å². The lowest BCUT2D eigenvalue weighted by Gasteiger charge is -2.10. The van der Waals surface area contributed by atoms with Gasteiger partial charge in [-0.25, -0.2) is 4.98 Å². The number of benzene rings is 1. The second kappa shape index (κ2) is 6.02. The SMILES string of the molecule is CCc1nc(NC)cc(Oc2ccc(Br)cc2C)n1. The van der Waals surface area contributed by atoms with E-state index < -0.39 is 0 Å². The number of hydrogen-bond donors (Lipinski definition) is 1. The van der Waals surface area contributed by atoms with E-state index in [1.807, 2.05) is 39.1 Å². The van der Waals surface area contributed by atoms with Crippen LogP contribution in [0.4, 0.5) is 5.82 Å². The molecule has 0 saturated carbocycles. The molecule has 0 aliphatic heterocycles. The molecular weight excluding hydrogens is 306 g/mol. The molecule has 2 aromatic rings. The van der Waals surface area contributed by atoms with Crippen LogP contribution in [0.15, 0.2) is 28.7 Å². The normalized spacial score (nSPS) is 10.3. The molecule has 1 aromatic heterocycles. The molecule has 0 spiro atoms. The van der Waals surface area contributed by atoms with Gasteiger partial charge >= 0.3 is 0 Å². The van der Waals surface area contributed by atoms with Crippen LogP contribution in [0.5, 0.6) is 11.6 Å². The monoisotopic (exact) mass is 321 g/mol. The van der Waals surface area contributed by atoms with Gasteiger partial charge in [0.2, 0.25) is 5.88 Å². The molecule has 0 aliphatic carbocycles. The summed E-state index contributed by atoms with van der Waals surface area (Å²) in [6, 6.07) is 7.67. The van der Waals surface area contributed by atoms with E-state index in [0.29, 0.717) is 5.88 Å². The summed E-state index contributed by atoms with van der Waals surface area (Å²) in [5, 5.41) is 3.01. The second-order valence-corrected chi connectivity index (χ2v) is 5.04. The second-order valence-electron chi connectivity index (χ2n) is 4.12. The molecule has 1 heterocycles. The van der Waals surface area contributed by atoms with Crippen molar-refractivity contribution < 1.29 is 4.74 Å². The summed E-state index contributed by atoms with van der Waals surface area (Å²) in [7, 11) is 1.83. The highest BCUT2D eigenvalue weighted by molar-refractivity contribution is 9.10. The molecule has 0 saturated heterocycles. The lowest BCUT2D eigenvalue weighted by atomic mass is 10.2. The van der Waals surface area contributed by atoms with Crippen molar-refractivity contribution in [1.29, 1.82) is 0 Å². The first-order chi connectivity index (χ1) is 9.12. The third-order valence-corrected chi connectivity index (χ3v) is 3.17. The zero-order valence-electron chi connectivity index (χ0n) is 11.2. The van der Waals surface area contributed by atoms with Crippen LogP contribution >= 0.6 is 15.9 Å². The molecule has 4 nitrogen and oxygen atoms in total. The highest BCUT2D eigenvalue weighted by Crippen LogP contribution is 2.27. The Morgan fingerprint density at radius 2 is 2.05 bits per heavy atom. The third-order valence-electron chi connectivity index (χ3n) is 2.67. The van der Waals surface area contributed by atoms with E-state index in [0.717, 1.165) is 33.8 Å². The van der Waals surface area contributed by atoms with Gasteiger partial charge < -0.3 is 10.1 Å². The summed E-state index contributed by atoms with van der Waals surface area (Å²) < 4.78 is 6.87. The highest BCUT2D eigenvalue weighted by atomic mass is 79.9. The van der Waals surface area contributed by atoms with Crippen molar-refractivity contribution in [2.45, 2.75) is 20.3 Å². The van der Waals surface area contributed by atoms with Crippen molar-refractivity contribution in [1.82, 2.24) is 9.97 Å². The molecule has 19 heavy (non-hydrogen) atoms. The predicted molar refractivity (Wildman–Crippen MR) is 79.9 cm³/mol. The van der Waals surface area contributed by atoms with Crippen LogP contribution in [0, 0.1) is 6.92 Å². The Morgan fingerprint density at radius 3 is 2.68 bits per heavy atom. The molecule has 0 fully saturated rings. The zero-order chi connectivity index (χ0) is 13.8. The van der Waals surface area contributed by atoms with Gasteiger partial charge in [0.1, 0.15) is 17.4 Å². The molecule has 1 N–H and O–H groups in total. The standard InChI is InChI=1S/C14H16BrN3O/c1-4-12-17-13(16-3)8-14(18-12)19-11-6-5-10(15)7-9(11)2/h5-8H,4H2,1-3H3,(H,16,17,18). The number of rotatable bonds is 4. The van der Waals surface area contributed by atoms with Crippen molar-refractivity contribution in [3.8, 4) is 11.6 Å². The Bertz CT molecular complexity index is 565. The fourth-order valence-corrected chi connectivity index (χ4v) is 2.13. The number of anilines is 1.